The number of hydrogen-bond acceptors (Lipinski definition) is 4. The van der Waals surface area contributed by atoms with Crippen molar-refractivity contribution >= 4 is 23.3 Å². The van der Waals surface area contributed by atoms with Gasteiger partial charge in [0, 0.05) is 42.4 Å². The van der Waals surface area contributed by atoms with Gasteiger partial charge in [-0.25, -0.2) is 4.98 Å². The van der Waals surface area contributed by atoms with Gasteiger partial charge in [0.2, 0.25) is 5.91 Å². The van der Waals surface area contributed by atoms with Crippen LogP contribution in [-0.2, 0) is 4.79 Å². The molecule has 0 aliphatic carbocycles. The molecule has 1 atom stereocenters. The molecule has 1 aromatic heterocycles. The topological polar surface area (TPSA) is 71.5 Å². The number of methoxy groups -OCH3 is 1. The second kappa shape index (κ2) is 8.14. The van der Waals surface area contributed by atoms with Gasteiger partial charge in [0.05, 0.1) is 7.11 Å². The highest BCUT2D eigenvalue weighted by atomic mass is 16.5. The zero-order valence-corrected chi connectivity index (χ0v) is 16.0. The van der Waals surface area contributed by atoms with Gasteiger partial charge < -0.3 is 15.0 Å². The lowest BCUT2D eigenvalue weighted by Crippen LogP contribution is -2.24. The van der Waals surface area contributed by atoms with E-state index in [1.54, 1.807) is 54.6 Å². The number of benzene rings is 2. The molecule has 1 saturated heterocycles. The Morgan fingerprint density at radius 1 is 1.10 bits per heavy atom. The molecule has 1 N–H and O–H groups in total. The molecule has 4 rings (SSSR count). The van der Waals surface area contributed by atoms with Gasteiger partial charge in [-0.2, -0.15) is 0 Å². The zero-order valence-electron chi connectivity index (χ0n) is 16.0. The monoisotopic (exact) mass is 387 g/mol. The second-order valence-electron chi connectivity index (χ2n) is 6.90. The Morgan fingerprint density at radius 2 is 1.86 bits per heavy atom. The van der Waals surface area contributed by atoms with Crippen molar-refractivity contribution in [3.05, 3.63) is 84.1 Å². The predicted molar refractivity (Wildman–Crippen MR) is 111 cm³/mol. The summed E-state index contributed by atoms with van der Waals surface area (Å²) in [4.78, 5) is 31.0. The summed E-state index contributed by atoms with van der Waals surface area (Å²) in [6.07, 6.45) is 2.07. The molecule has 2 aromatic carbocycles. The number of nitrogens with one attached hydrogen (secondary N) is 1. The average Bonchev–Trinajstić information content (AvgIpc) is 3.16. The largest absolute Gasteiger partial charge is 0.497 e. The Balaban J connectivity index is 1.48. The summed E-state index contributed by atoms with van der Waals surface area (Å²) in [5, 5.41) is 2.79. The lowest BCUT2D eigenvalue weighted by atomic mass is 9.99. The fourth-order valence-electron chi connectivity index (χ4n) is 3.49. The molecule has 1 fully saturated rings. The van der Waals surface area contributed by atoms with E-state index < -0.39 is 0 Å². The lowest BCUT2D eigenvalue weighted by molar-refractivity contribution is -0.117. The van der Waals surface area contributed by atoms with Crippen molar-refractivity contribution < 1.29 is 14.3 Å². The van der Waals surface area contributed by atoms with E-state index in [4.69, 9.17) is 4.74 Å². The third kappa shape index (κ3) is 4.11. The predicted octanol–water partition coefficient (Wildman–Crippen LogP) is 3.86. The average molecular weight is 387 g/mol. The van der Waals surface area contributed by atoms with Crippen molar-refractivity contribution in [1.29, 1.82) is 0 Å². The molecule has 0 spiro atoms. The number of nitrogens with zero attached hydrogens (tertiary/aromatic N) is 2. The van der Waals surface area contributed by atoms with Crippen LogP contribution in [0.2, 0.25) is 0 Å². The summed E-state index contributed by atoms with van der Waals surface area (Å²) in [5.41, 5.74) is 2.39. The molecule has 146 valence electrons. The first-order valence-electron chi connectivity index (χ1n) is 9.41. The van der Waals surface area contributed by atoms with E-state index in [-0.39, 0.29) is 17.7 Å². The van der Waals surface area contributed by atoms with E-state index in [2.05, 4.69) is 22.4 Å². The number of carbonyl (C=O) groups is 2. The van der Waals surface area contributed by atoms with E-state index in [1.807, 2.05) is 18.2 Å². The third-order valence-electron chi connectivity index (χ3n) is 5.05. The molecule has 6 nitrogen and oxygen atoms in total. The molecule has 3 aromatic rings. The summed E-state index contributed by atoms with van der Waals surface area (Å²) in [7, 11) is 1.58. The summed E-state index contributed by atoms with van der Waals surface area (Å²) in [6.45, 7) is 0.610. The van der Waals surface area contributed by atoms with Gasteiger partial charge in [0.25, 0.3) is 5.91 Å². The van der Waals surface area contributed by atoms with E-state index in [0.717, 1.165) is 11.3 Å². The maximum atomic E-state index is 12.6. The third-order valence-corrected chi connectivity index (χ3v) is 5.05. The summed E-state index contributed by atoms with van der Waals surface area (Å²) in [6, 6.07) is 20.4. The number of aromatic nitrogens is 1. The number of carbonyl (C=O) groups excluding carboxylic acids is 2. The van der Waals surface area contributed by atoms with Gasteiger partial charge in [-0.1, -0.05) is 30.3 Å². The van der Waals surface area contributed by atoms with Crippen LogP contribution in [-0.4, -0.2) is 30.5 Å². The molecule has 1 aliphatic rings. The van der Waals surface area contributed by atoms with Crippen LogP contribution in [0.4, 0.5) is 11.5 Å². The summed E-state index contributed by atoms with van der Waals surface area (Å²) in [5.74, 6) is 1.04. The maximum absolute atomic E-state index is 12.6. The van der Waals surface area contributed by atoms with Crippen LogP contribution in [0.5, 0.6) is 5.75 Å². The lowest BCUT2D eigenvalue weighted by Gasteiger charge is -2.17. The molecular formula is C23H21N3O3. The smallest absolute Gasteiger partial charge is 0.256 e. The molecule has 29 heavy (non-hydrogen) atoms. The van der Waals surface area contributed by atoms with Crippen molar-refractivity contribution in [2.75, 3.05) is 23.9 Å². The Hall–Kier alpha value is -3.67. The van der Waals surface area contributed by atoms with Crippen LogP contribution in [0.15, 0.2) is 72.9 Å². The van der Waals surface area contributed by atoms with Crippen molar-refractivity contribution in [2.45, 2.75) is 12.3 Å². The fraction of sp³-hybridized carbons (Fsp3) is 0.174. The molecule has 0 saturated carbocycles. The molecule has 0 unspecified atom stereocenters. The van der Waals surface area contributed by atoms with E-state index in [1.165, 1.54) is 0 Å². The maximum Gasteiger partial charge on any atom is 0.256 e. The van der Waals surface area contributed by atoms with Gasteiger partial charge in [-0.15, -0.1) is 0 Å². The first-order chi connectivity index (χ1) is 14.1. The molecular weight excluding hydrogens is 366 g/mol. The number of ether oxygens (including phenoxy) is 1. The number of rotatable bonds is 5. The van der Waals surface area contributed by atoms with Gasteiger partial charge in [0.15, 0.2) is 0 Å². The van der Waals surface area contributed by atoms with Gasteiger partial charge in [0.1, 0.15) is 11.6 Å². The minimum atomic E-state index is -0.271. The van der Waals surface area contributed by atoms with E-state index in [0.29, 0.717) is 30.1 Å². The Kier molecular flexibility index (Phi) is 5.24. The van der Waals surface area contributed by atoms with Crippen LogP contribution >= 0.6 is 0 Å². The Labute approximate surface area is 169 Å². The summed E-state index contributed by atoms with van der Waals surface area (Å²) < 4.78 is 5.11. The van der Waals surface area contributed by atoms with Crippen LogP contribution in [0.3, 0.4) is 0 Å². The highest BCUT2D eigenvalue weighted by molar-refractivity contribution is 6.04. The normalized spacial score (nSPS) is 16.0. The number of anilines is 2. The van der Waals surface area contributed by atoms with Crippen molar-refractivity contribution in [3.8, 4) is 5.75 Å². The number of pyridine rings is 1. The van der Waals surface area contributed by atoms with Gasteiger partial charge in [-0.3, -0.25) is 9.59 Å². The zero-order chi connectivity index (χ0) is 20.2. The first-order valence-corrected chi connectivity index (χ1v) is 9.41. The second-order valence-corrected chi connectivity index (χ2v) is 6.90. The molecule has 2 amide bonds. The van der Waals surface area contributed by atoms with Crippen LogP contribution < -0.4 is 15.0 Å². The van der Waals surface area contributed by atoms with Crippen LogP contribution in [0.25, 0.3) is 0 Å². The molecule has 0 radical (unpaired) electrons. The molecule has 1 aliphatic heterocycles. The highest BCUT2D eigenvalue weighted by Crippen LogP contribution is 2.32. The molecule has 6 heteroatoms. The van der Waals surface area contributed by atoms with E-state index >= 15 is 0 Å². The number of amides is 2. The SMILES string of the molecule is COc1ccc(C(=O)Nc2cc(N3C[C@@H](c4ccccc4)CC3=O)ccn2)cc1. The minimum Gasteiger partial charge on any atom is -0.497 e. The van der Waals surface area contributed by atoms with Gasteiger partial charge in [-0.05, 0) is 35.9 Å². The molecule has 0 bridgehead atoms. The Morgan fingerprint density at radius 3 is 2.59 bits per heavy atom. The minimum absolute atomic E-state index is 0.0671. The molecule has 2 heterocycles. The fourth-order valence-corrected chi connectivity index (χ4v) is 3.49. The van der Waals surface area contributed by atoms with E-state index in [9.17, 15) is 9.59 Å². The Bertz CT molecular complexity index is 1020. The van der Waals surface area contributed by atoms with Crippen molar-refractivity contribution in [2.24, 2.45) is 0 Å². The van der Waals surface area contributed by atoms with Gasteiger partial charge >= 0.3 is 0 Å². The van der Waals surface area contributed by atoms with Crippen molar-refractivity contribution in [1.82, 2.24) is 4.98 Å². The first kappa shape index (κ1) is 18.7. The standard InChI is InChI=1S/C23H21N3O3/c1-29-20-9-7-17(8-10-20)23(28)25-21-14-19(11-12-24-21)26-15-18(13-22(26)27)16-5-3-2-4-6-16/h2-12,14,18H,13,15H2,1H3,(H,24,25,28)/t18-/m0/s1. The van der Waals surface area contributed by atoms with Crippen molar-refractivity contribution in [3.63, 3.8) is 0 Å². The van der Waals surface area contributed by atoms with Crippen LogP contribution in [0.1, 0.15) is 28.3 Å². The quantitative estimate of drug-likeness (QED) is 0.722. The highest BCUT2D eigenvalue weighted by Gasteiger charge is 2.31. The summed E-state index contributed by atoms with van der Waals surface area (Å²) >= 11 is 0. The number of hydrogen-bond donors (Lipinski definition) is 1. The van der Waals surface area contributed by atoms with Crippen LogP contribution in [0, 0.1) is 0 Å².